The molecular weight excluding hydrogens is 548 g/mol. The minimum Gasteiger partial charge on any atom is -0.478 e. The van der Waals surface area contributed by atoms with E-state index in [-0.39, 0.29) is 24.1 Å². The molecule has 3 aromatic heterocycles. The SMILES string of the molecule is CCCCNCCCOc1ccc(-c2cnc3[nH]cc(C(=O)C4=C(F)C(NS(=O)CCC)=CCCC4F)c3c2)cn1. The normalized spacial score (nSPS) is 16.4. The summed E-state index contributed by atoms with van der Waals surface area (Å²) >= 11 is 0. The predicted molar refractivity (Wildman–Crippen MR) is 158 cm³/mol. The van der Waals surface area contributed by atoms with Crippen LogP contribution in [0.25, 0.3) is 22.2 Å². The monoisotopic (exact) mass is 585 g/mol. The van der Waals surface area contributed by atoms with Gasteiger partial charge in [-0.05, 0) is 57.3 Å². The van der Waals surface area contributed by atoms with E-state index in [0.29, 0.717) is 41.3 Å². The van der Waals surface area contributed by atoms with Crippen LogP contribution in [-0.4, -0.2) is 56.6 Å². The fraction of sp³-hybridized carbons (Fsp3) is 0.433. The van der Waals surface area contributed by atoms with E-state index >= 15 is 8.78 Å². The molecule has 3 aromatic rings. The molecule has 0 saturated carbocycles. The lowest BCUT2D eigenvalue weighted by Gasteiger charge is -2.13. The topological polar surface area (TPSA) is 109 Å². The molecule has 4 rings (SSSR count). The summed E-state index contributed by atoms with van der Waals surface area (Å²) in [7, 11) is -1.54. The molecule has 8 nitrogen and oxygen atoms in total. The Balaban J connectivity index is 1.51. The van der Waals surface area contributed by atoms with E-state index in [4.69, 9.17) is 4.74 Å². The second kappa shape index (κ2) is 15.0. The molecule has 0 aromatic carbocycles. The van der Waals surface area contributed by atoms with Crippen molar-refractivity contribution in [3.8, 4) is 17.0 Å². The van der Waals surface area contributed by atoms with Gasteiger partial charge in [-0.15, -0.1) is 0 Å². The van der Waals surface area contributed by atoms with Gasteiger partial charge in [0, 0.05) is 52.5 Å². The molecule has 1 aliphatic carbocycles. The number of pyridine rings is 2. The highest BCUT2D eigenvalue weighted by atomic mass is 32.2. The van der Waals surface area contributed by atoms with Crippen molar-refractivity contribution in [1.82, 2.24) is 25.0 Å². The number of nitrogens with one attached hydrogen (secondary N) is 3. The number of halogens is 2. The minimum atomic E-state index is -1.80. The van der Waals surface area contributed by atoms with Crippen LogP contribution in [0, 0.1) is 0 Å². The molecule has 0 fully saturated rings. The second-order valence-corrected chi connectivity index (χ2v) is 11.2. The van der Waals surface area contributed by atoms with Gasteiger partial charge < -0.3 is 19.8 Å². The van der Waals surface area contributed by atoms with Gasteiger partial charge in [0.25, 0.3) is 0 Å². The Hall–Kier alpha value is -3.44. The van der Waals surface area contributed by atoms with Crippen molar-refractivity contribution in [3.63, 3.8) is 0 Å². The molecule has 2 unspecified atom stereocenters. The molecule has 0 radical (unpaired) electrons. The smallest absolute Gasteiger partial charge is 0.213 e. The number of H-pyrrole nitrogens is 1. The van der Waals surface area contributed by atoms with Crippen LogP contribution in [0.2, 0.25) is 0 Å². The molecule has 41 heavy (non-hydrogen) atoms. The van der Waals surface area contributed by atoms with Crippen LogP contribution in [0.3, 0.4) is 0 Å². The van der Waals surface area contributed by atoms with Gasteiger partial charge in [-0.1, -0.05) is 26.3 Å². The third kappa shape index (κ3) is 7.85. The molecular formula is C30H37F2N5O3S. The third-order valence-electron chi connectivity index (χ3n) is 6.71. The number of fused-ring (bicyclic) bond motifs is 1. The Morgan fingerprint density at radius 2 is 1.95 bits per heavy atom. The summed E-state index contributed by atoms with van der Waals surface area (Å²) in [4.78, 5) is 25.3. The molecule has 1 aliphatic rings. The first-order valence-corrected chi connectivity index (χ1v) is 15.5. The molecule has 11 heteroatoms. The van der Waals surface area contributed by atoms with Gasteiger partial charge in [-0.2, -0.15) is 0 Å². The quantitative estimate of drug-likeness (QED) is 0.152. The van der Waals surface area contributed by atoms with Crippen LogP contribution in [0.1, 0.15) is 62.7 Å². The molecule has 220 valence electrons. The number of ketones is 1. The summed E-state index contributed by atoms with van der Waals surface area (Å²) in [6.45, 7) is 6.46. The Morgan fingerprint density at radius 3 is 2.71 bits per heavy atom. The number of aromatic nitrogens is 3. The lowest BCUT2D eigenvalue weighted by Crippen LogP contribution is -2.22. The van der Waals surface area contributed by atoms with Crippen LogP contribution in [0.4, 0.5) is 8.78 Å². The highest BCUT2D eigenvalue weighted by Crippen LogP contribution is 2.32. The standard InChI is InChI=1S/C30H37F2N5O3S/c1-3-5-12-33-13-7-14-40-26-11-10-20(17-34-26)21-16-22-23(19-36-30(22)35-18-21)29(38)27-24(31)8-6-9-25(28(27)32)37-41(39)15-4-2/h9-11,16-19,24,33,37H,3-8,12-15H2,1-2H3,(H,35,36). The lowest BCUT2D eigenvalue weighted by molar-refractivity contribution is 0.101. The van der Waals surface area contributed by atoms with E-state index in [1.807, 2.05) is 13.0 Å². The molecule has 0 saturated heterocycles. The fourth-order valence-corrected chi connectivity index (χ4v) is 5.40. The number of Topliss-reactive ketones (excluding diaryl/α,β-unsaturated/α-hetero) is 1. The molecule has 0 bridgehead atoms. The molecule has 0 aliphatic heterocycles. The largest absolute Gasteiger partial charge is 0.478 e. The maximum atomic E-state index is 15.5. The summed E-state index contributed by atoms with van der Waals surface area (Å²) in [5, 5.41) is 3.81. The number of allylic oxidation sites excluding steroid dienone is 3. The zero-order valence-corrected chi connectivity index (χ0v) is 24.3. The number of nitrogens with zero attached hydrogens (tertiary/aromatic N) is 2. The number of alkyl halides is 1. The molecule has 3 heterocycles. The van der Waals surface area contributed by atoms with Crippen LogP contribution in [0.15, 0.2) is 60.0 Å². The number of rotatable bonds is 15. The van der Waals surface area contributed by atoms with Crippen molar-refractivity contribution in [2.45, 2.75) is 58.5 Å². The minimum absolute atomic E-state index is 0.0542. The van der Waals surface area contributed by atoms with E-state index in [0.717, 1.165) is 37.9 Å². The Bertz CT molecular complexity index is 1420. The number of hydrogen-bond donors (Lipinski definition) is 3. The Morgan fingerprint density at radius 1 is 1.15 bits per heavy atom. The van der Waals surface area contributed by atoms with Gasteiger partial charge in [0.1, 0.15) is 22.8 Å². The maximum Gasteiger partial charge on any atom is 0.213 e. The number of aromatic amines is 1. The van der Waals surface area contributed by atoms with E-state index in [1.165, 1.54) is 12.3 Å². The van der Waals surface area contributed by atoms with Gasteiger partial charge in [0.15, 0.2) is 11.6 Å². The van der Waals surface area contributed by atoms with Crippen molar-refractivity contribution in [2.75, 3.05) is 25.4 Å². The van der Waals surface area contributed by atoms with Gasteiger partial charge in [-0.25, -0.2) is 23.0 Å². The third-order valence-corrected chi connectivity index (χ3v) is 7.94. The summed E-state index contributed by atoms with van der Waals surface area (Å²) in [5.41, 5.74) is 1.28. The van der Waals surface area contributed by atoms with Crippen molar-refractivity contribution in [1.29, 1.82) is 0 Å². The summed E-state index contributed by atoms with van der Waals surface area (Å²) in [6, 6.07) is 5.37. The maximum absolute atomic E-state index is 15.5. The van der Waals surface area contributed by atoms with E-state index in [1.54, 1.807) is 24.5 Å². The zero-order valence-electron chi connectivity index (χ0n) is 23.5. The van der Waals surface area contributed by atoms with Crippen LogP contribution in [-0.2, 0) is 11.0 Å². The zero-order chi connectivity index (χ0) is 29.2. The molecule has 2 atom stereocenters. The predicted octanol–water partition coefficient (Wildman–Crippen LogP) is 5.87. The van der Waals surface area contributed by atoms with Gasteiger partial charge in [-0.3, -0.25) is 4.79 Å². The van der Waals surface area contributed by atoms with Crippen LogP contribution in [0.5, 0.6) is 5.88 Å². The molecule has 0 amide bonds. The Labute approximate surface area is 241 Å². The highest BCUT2D eigenvalue weighted by molar-refractivity contribution is 7.83. The van der Waals surface area contributed by atoms with Gasteiger partial charge in [0.2, 0.25) is 5.88 Å². The van der Waals surface area contributed by atoms with E-state index < -0.39 is 34.3 Å². The van der Waals surface area contributed by atoms with Crippen molar-refractivity contribution in [2.24, 2.45) is 0 Å². The van der Waals surface area contributed by atoms with Crippen molar-refractivity contribution in [3.05, 3.63) is 65.5 Å². The average Bonchev–Trinajstić information content (AvgIpc) is 3.34. The first-order valence-electron chi connectivity index (χ1n) is 14.1. The summed E-state index contributed by atoms with van der Waals surface area (Å²) in [5.74, 6) is -0.972. The van der Waals surface area contributed by atoms with Crippen LogP contribution >= 0.6 is 0 Å². The van der Waals surface area contributed by atoms with E-state index in [9.17, 15) is 9.00 Å². The first kappa shape index (κ1) is 30.5. The molecule has 0 spiro atoms. The highest BCUT2D eigenvalue weighted by Gasteiger charge is 2.31. The van der Waals surface area contributed by atoms with Crippen molar-refractivity contribution >= 4 is 27.8 Å². The molecule has 3 N–H and O–H groups in total. The number of hydrogen-bond acceptors (Lipinski definition) is 6. The summed E-state index contributed by atoms with van der Waals surface area (Å²) in [6.07, 6.45) is 8.35. The van der Waals surface area contributed by atoms with Crippen LogP contribution < -0.4 is 14.8 Å². The first-order chi connectivity index (χ1) is 19.9. The number of ether oxygens (including phenoxy) is 1. The number of unbranched alkanes of at least 4 members (excludes halogenated alkanes) is 1. The van der Waals surface area contributed by atoms with E-state index in [2.05, 4.69) is 31.9 Å². The van der Waals surface area contributed by atoms with Gasteiger partial charge >= 0.3 is 0 Å². The van der Waals surface area contributed by atoms with Crippen molar-refractivity contribution < 1.29 is 22.5 Å². The number of carbonyl (C=O) groups excluding carboxylic acids is 1. The summed E-state index contributed by atoms with van der Waals surface area (Å²) < 4.78 is 51.2. The Kier molecular flexibility index (Phi) is 11.1. The second-order valence-electron chi connectivity index (χ2n) is 9.88. The number of carbonyl (C=O) groups is 1. The lowest BCUT2D eigenvalue weighted by atomic mass is 9.96. The average molecular weight is 586 g/mol. The van der Waals surface area contributed by atoms with Gasteiger partial charge in [0.05, 0.1) is 17.9 Å². The fourth-order valence-electron chi connectivity index (χ4n) is 4.51.